The van der Waals surface area contributed by atoms with E-state index in [4.69, 9.17) is 9.47 Å². The molecule has 0 aliphatic carbocycles. The van der Waals surface area contributed by atoms with Gasteiger partial charge in [0.25, 0.3) is 0 Å². The van der Waals surface area contributed by atoms with Crippen molar-refractivity contribution in [1.29, 1.82) is 0 Å². The van der Waals surface area contributed by atoms with E-state index in [9.17, 15) is 4.79 Å². The first-order chi connectivity index (χ1) is 7.75. The van der Waals surface area contributed by atoms with E-state index in [0.717, 1.165) is 12.0 Å². The molecule has 1 aliphatic heterocycles. The van der Waals surface area contributed by atoms with Gasteiger partial charge in [0.1, 0.15) is 6.10 Å². The van der Waals surface area contributed by atoms with E-state index in [2.05, 4.69) is 0 Å². The second-order valence-corrected chi connectivity index (χ2v) is 3.84. The lowest BCUT2D eigenvalue weighted by molar-refractivity contribution is -0.150. The smallest absolute Gasteiger partial charge is 0.345 e. The van der Waals surface area contributed by atoms with Gasteiger partial charge >= 0.3 is 5.97 Å². The molecule has 2 rings (SSSR count). The molecule has 1 aromatic carbocycles. The molecule has 2 unspecified atom stereocenters. The highest BCUT2D eigenvalue weighted by Gasteiger charge is 2.64. The van der Waals surface area contributed by atoms with Crippen LogP contribution in [0, 0.1) is 0 Å². The van der Waals surface area contributed by atoms with Crippen LogP contribution in [0.3, 0.4) is 0 Å². The lowest BCUT2D eigenvalue weighted by atomic mass is 9.94. The Kier molecular flexibility index (Phi) is 2.97. The zero-order valence-electron chi connectivity index (χ0n) is 9.60. The first kappa shape index (κ1) is 11.1. The van der Waals surface area contributed by atoms with Gasteiger partial charge in [0.2, 0.25) is 5.60 Å². The molecular weight excluding hydrogens is 204 g/mol. The number of hydrogen-bond acceptors (Lipinski definition) is 3. The predicted octanol–water partition coefficient (Wildman–Crippen LogP) is 2.25. The third-order valence-electron chi connectivity index (χ3n) is 2.88. The Labute approximate surface area is 95.4 Å². The SMILES string of the molecule is CCOC(=O)C1(c2ccccc2)OC1CC. The van der Waals surface area contributed by atoms with Gasteiger partial charge in [0.15, 0.2) is 0 Å². The van der Waals surface area contributed by atoms with Crippen LogP contribution in [-0.4, -0.2) is 18.7 Å². The van der Waals surface area contributed by atoms with Gasteiger partial charge in [-0.1, -0.05) is 37.3 Å². The maximum absolute atomic E-state index is 11.9. The Bertz CT molecular complexity index is 374. The normalized spacial score (nSPS) is 27.5. The Morgan fingerprint density at radius 3 is 2.56 bits per heavy atom. The summed E-state index contributed by atoms with van der Waals surface area (Å²) >= 11 is 0. The first-order valence-corrected chi connectivity index (χ1v) is 5.66. The zero-order valence-corrected chi connectivity index (χ0v) is 9.60. The minimum Gasteiger partial charge on any atom is -0.464 e. The number of epoxide rings is 1. The van der Waals surface area contributed by atoms with Crippen molar-refractivity contribution in [3.8, 4) is 0 Å². The van der Waals surface area contributed by atoms with Gasteiger partial charge in [-0.05, 0) is 18.9 Å². The van der Waals surface area contributed by atoms with Crippen LogP contribution in [-0.2, 0) is 19.9 Å². The molecule has 0 amide bonds. The molecule has 1 aromatic rings. The molecule has 1 saturated heterocycles. The number of hydrogen-bond donors (Lipinski definition) is 0. The number of carbonyl (C=O) groups is 1. The highest BCUT2D eigenvalue weighted by molar-refractivity contribution is 5.85. The van der Waals surface area contributed by atoms with Crippen molar-refractivity contribution in [3.05, 3.63) is 35.9 Å². The summed E-state index contributed by atoms with van der Waals surface area (Å²) in [6.07, 6.45) is 0.766. The van der Waals surface area contributed by atoms with E-state index in [1.54, 1.807) is 6.92 Å². The highest BCUT2D eigenvalue weighted by atomic mass is 16.7. The minimum absolute atomic E-state index is 0.0473. The van der Waals surface area contributed by atoms with E-state index in [1.807, 2.05) is 37.3 Å². The summed E-state index contributed by atoms with van der Waals surface area (Å²) in [5.74, 6) is -0.270. The van der Waals surface area contributed by atoms with Crippen molar-refractivity contribution in [1.82, 2.24) is 0 Å². The average Bonchev–Trinajstić information content (AvgIpc) is 3.06. The molecule has 86 valence electrons. The number of carbonyl (C=O) groups excluding carboxylic acids is 1. The number of esters is 1. The van der Waals surface area contributed by atoms with Crippen molar-refractivity contribution < 1.29 is 14.3 Å². The minimum atomic E-state index is -0.841. The number of rotatable bonds is 4. The molecule has 1 fully saturated rings. The van der Waals surface area contributed by atoms with Gasteiger partial charge in [0.05, 0.1) is 6.61 Å². The summed E-state index contributed by atoms with van der Waals surface area (Å²) in [6, 6.07) is 9.56. The summed E-state index contributed by atoms with van der Waals surface area (Å²) < 4.78 is 10.7. The van der Waals surface area contributed by atoms with Crippen LogP contribution in [0.4, 0.5) is 0 Å². The zero-order chi connectivity index (χ0) is 11.6. The molecule has 0 saturated carbocycles. The maximum Gasteiger partial charge on any atom is 0.345 e. The quantitative estimate of drug-likeness (QED) is 0.577. The van der Waals surface area contributed by atoms with Crippen LogP contribution in [0.1, 0.15) is 25.8 Å². The second kappa shape index (κ2) is 4.26. The summed E-state index contributed by atoms with van der Waals surface area (Å²) in [6.45, 7) is 4.20. The van der Waals surface area contributed by atoms with E-state index in [0.29, 0.717) is 6.61 Å². The third kappa shape index (κ3) is 1.61. The molecule has 3 nitrogen and oxygen atoms in total. The van der Waals surface area contributed by atoms with Gasteiger partial charge in [-0.25, -0.2) is 4.79 Å². The topological polar surface area (TPSA) is 38.8 Å². The fraction of sp³-hybridized carbons (Fsp3) is 0.462. The lowest BCUT2D eigenvalue weighted by Gasteiger charge is -2.11. The Hall–Kier alpha value is -1.35. The summed E-state index contributed by atoms with van der Waals surface area (Å²) in [5.41, 5.74) is 0.0479. The number of benzene rings is 1. The van der Waals surface area contributed by atoms with E-state index < -0.39 is 5.60 Å². The fourth-order valence-electron chi connectivity index (χ4n) is 2.04. The lowest BCUT2D eigenvalue weighted by Crippen LogP contribution is -2.27. The largest absolute Gasteiger partial charge is 0.464 e. The van der Waals surface area contributed by atoms with Gasteiger partial charge in [-0.3, -0.25) is 0 Å². The van der Waals surface area contributed by atoms with Crippen LogP contribution in [0.2, 0.25) is 0 Å². The average molecular weight is 220 g/mol. The van der Waals surface area contributed by atoms with Gasteiger partial charge in [0, 0.05) is 0 Å². The molecule has 1 aliphatic rings. The second-order valence-electron chi connectivity index (χ2n) is 3.84. The summed E-state index contributed by atoms with van der Waals surface area (Å²) in [4.78, 5) is 11.9. The molecule has 3 heteroatoms. The highest BCUT2D eigenvalue weighted by Crippen LogP contribution is 2.48. The van der Waals surface area contributed by atoms with Crippen LogP contribution >= 0.6 is 0 Å². The molecule has 0 N–H and O–H groups in total. The van der Waals surface area contributed by atoms with Gasteiger partial charge in [-0.2, -0.15) is 0 Å². The maximum atomic E-state index is 11.9. The van der Waals surface area contributed by atoms with Crippen molar-refractivity contribution >= 4 is 5.97 Å². The van der Waals surface area contributed by atoms with Crippen molar-refractivity contribution in [2.24, 2.45) is 0 Å². The molecule has 0 spiro atoms. The predicted molar refractivity (Wildman–Crippen MR) is 59.9 cm³/mol. The van der Waals surface area contributed by atoms with Gasteiger partial charge in [-0.15, -0.1) is 0 Å². The molecule has 0 aromatic heterocycles. The molecule has 16 heavy (non-hydrogen) atoms. The Balaban J connectivity index is 2.28. The standard InChI is InChI=1S/C13H16O3/c1-3-11-13(16-11,12(14)15-4-2)10-8-6-5-7-9-10/h5-9,11H,3-4H2,1-2H3. The first-order valence-electron chi connectivity index (χ1n) is 5.66. The van der Waals surface area contributed by atoms with Crippen molar-refractivity contribution in [2.75, 3.05) is 6.61 Å². The molecule has 1 heterocycles. The molecule has 2 atom stereocenters. The van der Waals surface area contributed by atoms with E-state index in [1.165, 1.54) is 0 Å². The van der Waals surface area contributed by atoms with E-state index >= 15 is 0 Å². The van der Waals surface area contributed by atoms with Crippen LogP contribution in [0.15, 0.2) is 30.3 Å². The van der Waals surface area contributed by atoms with Crippen molar-refractivity contribution in [2.45, 2.75) is 32.0 Å². The fourth-order valence-corrected chi connectivity index (χ4v) is 2.04. The van der Waals surface area contributed by atoms with Gasteiger partial charge < -0.3 is 9.47 Å². The number of ether oxygens (including phenoxy) is 2. The van der Waals surface area contributed by atoms with Crippen LogP contribution in [0.5, 0.6) is 0 Å². The Morgan fingerprint density at radius 2 is 2.06 bits per heavy atom. The summed E-state index contributed by atoms with van der Waals surface area (Å²) in [5, 5.41) is 0. The summed E-state index contributed by atoms with van der Waals surface area (Å²) in [7, 11) is 0. The van der Waals surface area contributed by atoms with Crippen LogP contribution in [0.25, 0.3) is 0 Å². The molecule has 0 bridgehead atoms. The van der Waals surface area contributed by atoms with Crippen LogP contribution < -0.4 is 0 Å². The monoisotopic (exact) mass is 220 g/mol. The van der Waals surface area contributed by atoms with Crippen molar-refractivity contribution in [3.63, 3.8) is 0 Å². The Morgan fingerprint density at radius 1 is 1.38 bits per heavy atom. The third-order valence-corrected chi connectivity index (χ3v) is 2.88. The molecule has 0 radical (unpaired) electrons. The van der Waals surface area contributed by atoms with E-state index in [-0.39, 0.29) is 12.1 Å². The molecular formula is C13H16O3.